The fourth-order valence-corrected chi connectivity index (χ4v) is 3.35. The van der Waals surface area contributed by atoms with E-state index < -0.39 is 0 Å². The zero-order chi connectivity index (χ0) is 11.2. The lowest BCUT2D eigenvalue weighted by molar-refractivity contribution is 0.479. The van der Waals surface area contributed by atoms with Crippen LogP contribution >= 0.6 is 11.3 Å². The normalized spacial score (nSPS) is 24.2. The van der Waals surface area contributed by atoms with Crippen LogP contribution in [0, 0.1) is 5.92 Å². The van der Waals surface area contributed by atoms with E-state index in [0.29, 0.717) is 0 Å². The summed E-state index contributed by atoms with van der Waals surface area (Å²) in [5.74, 6) is 0.815. The second-order valence-electron chi connectivity index (χ2n) is 5.20. The molecule has 2 heteroatoms. The second kappa shape index (κ2) is 6.39. The van der Waals surface area contributed by atoms with Gasteiger partial charge >= 0.3 is 0 Å². The molecule has 0 saturated carbocycles. The van der Waals surface area contributed by atoms with Crippen molar-refractivity contribution >= 4 is 11.3 Å². The van der Waals surface area contributed by atoms with Gasteiger partial charge in [0.05, 0.1) is 10.7 Å². The standard InChI is InChI=1S/C14H23NS/c1-12-8-6-4-2-3-5-7-9-14-15-13(10-12)11-16-14/h11-12H,2-10H2,1H3. The van der Waals surface area contributed by atoms with Crippen molar-refractivity contribution in [1.82, 2.24) is 4.98 Å². The van der Waals surface area contributed by atoms with Gasteiger partial charge in [-0.3, -0.25) is 0 Å². The van der Waals surface area contributed by atoms with Crippen molar-refractivity contribution in [1.29, 1.82) is 0 Å². The number of hydrogen-bond acceptors (Lipinski definition) is 2. The van der Waals surface area contributed by atoms with Crippen LogP contribution in [0.15, 0.2) is 5.38 Å². The molecule has 2 rings (SSSR count). The Morgan fingerprint density at radius 1 is 1.12 bits per heavy atom. The summed E-state index contributed by atoms with van der Waals surface area (Å²) in [6, 6.07) is 0. The Hall–Kier alpha value is -0.370. The Kier molecular flexibility index (Phi) is 4.83. The maximum absolute atomic E-state index is 4.74. The minimum Gasteiger partial charge on any atom is -0.246 e. The van der Waals surface area contributed by atoms with Crippen molar-refractivity contribution in [2.24, 2.45) is 5.92 Å². The molecule has 1 aliphatic heterocycles. The Balaban J connectivity index is 1.94. The van der Waals surface area contributed by atoms with E-state index in [1.807, 2.05) is 11.3 Å². The molecule has 2 heterocycles. The van der Waals surface area contributed by atoms with E-state index in [-0.39, 0.29) is 0 Å². The first kappa shape index (κ1) is 12.1. The van der Waals surface area contributed by atoms with E-state index in [4.69, 9.17) is 4.98 Å². The van der Waals surface area contributed by atoms with Gasteiger partial charge < -0.3 is 0 Å². The monoisotopic (exact) mass is 237 g/mol. The first-order chi connectivity index (χ1) is 7.84. The van der Waals surface area contributed by atoms with E-state index in [9.17, 15) is 0 Å². The summed E-state index contributed by atoms with van der Waals surface area (Å²) in [4.78, 5) is 4.74. The van der Waals surface area contributed by atoms with Crippen molar-refractivity contribution in [3.05, 3.63) is 16.1 Å². The molecule has 16 heavy (non-hydrogen) atoms. The number of aryl methyl sites for hydroxylation is 1. The summed E-state index contributed by atoms with van der Waals surface area (Å²) in [6.45, 7) is 2.37. The highest BCUT2D eigenvalue weighted by atomic mass is 32.1. The van der Waals surface area contributed by atoms with Crippen LogP contribution in [0.2, 0.25) is 0 Å². The molecule has 0 N–H and O–H groups in total. The highest BCUT2D eigenvalue weighted by molar-refractivity contribution is 7.09. The molecule has 1 aliphatic rings. The van der Waals surface area contributed by atoms with Crippen molar-refractivity contribution < 1.29 is 0 Å². The van der Waals surface area contributed by atoms with Gasteiger partial charge in [-0.1, -0.05) is 45.4 Å². The summed E-state index contributed by atoms with van der Waals surface area (Å²) >= 11 is 1.87. The third-order valence-electron chi connectivity index (χ3n) is 3.49. The van der Waals surface area contributed by atoms with Crippen LogP contribution in [0.1, 0.15) is 62.6 Å². The molecular formula is C14H23NS. The lowest BCUT2D eigenvalue weighted by Crippen LogP contribution is -2.00. The van der Waals surface area contributed by atoms with E-state index in [0.717, 1.165) is 5.92 Å². The van der Waals surface area contributed by atoms with Gasteiger partial charge in [0.1, 0.15) is 0 Å². The van der Waals surface area contributed by atoms with Gasteiger partial charge in [-0.2, -0.15) is 0 Å². The summed E-state index contributed by atoms with van der Waals surface area (Å²) in [5, 5.41) is 3.64. The van der Waals surface area contributed by atoms with Crippen molar-refractivity contribution in [2.45, 2.75) is 64.7 Å². The van der Waals surface area contributed by atoms with Gasteiger partial charge in [0.25, 0.3) is 0 Å². The topological polar surface area (TPSA) is 12.9 Å². The Bertz CT molecular complexity index is 305. The second-order valence-corrected chi connectivity index (χ2v) is 6.14. The maximum atomic E-state index is 4.74. The van der Waals surface area contributed by atoms with Crippen LogP contribution < -0.4 is 0 Å². The fourth-order valence-electron chi connectivity index (χ4n) is 2.49. The lowest BCUT2D eigenvalue weighted by Gasteiger charge is -2.08. The highest BCUT2D eigenvalue weighted by Crippen LogP contribution is 2.20. The molecule has 1 atom stereocenters. The van der Waals surface area contributed by atoms with Crippen LogP contribution in [-0.2, 0) is 12.8 Å². The third-order valence-corrected chi connectivity index (χ3v) is 4.45. The molecule has 2 bridgehead atoms. The van der Waals surface area contributed by atoms with Gasteiger partial charge in [0.2, 0.25) is 0 Å². The van der Waals surface area contributed by atoms with E-state index >= 15 is 0 Å². The largest absolute Gasteiger partial charge is 0.246 e. The minimum absolute atomic E-state index is 0.815. The Morgan fingerprint density at radius 3 is 2.75 bits per heavy atom. The SMILES string of the molecule is CC1CCCCCCCCc2nc(cs2)C1. The molecule has 1 aromatic rings. The average Bonchev–Trinajstić information content (AvgIpc) is 2.69. The van der Waals surface area contributed by atoms with Crippen LogP contribution in [0.25, 0.3) is 0 Å². The number of thiazole rings is 1. The summed E-state index contributed by atoms with van der Waals surface area (Å²) < 4.78 is 0. The first-order valence-corrected chi connectivity index (χ1v) is 7.66. The molecule has 1 aromatic heterocycles. The van der Waals surface area contributed by atoms with Crippen molar-refractivity contribution in [3.63, 3.8) is 0 Å². The number of aromatic nitrogens is 1. The Morgan fingerprint density at radius 2 is 1.88 bits per heavy atom. The number of hydrogen-bond donors (Lipinski definition) is 0. The van der Waals surface area contributed by atoms with Gasteiger partial charge in [-0.15, -0.1) is 11.3 Å². The molecule has 0 aromatic carbocycles. The molecule has 0 amide bonds. The highest BCUT2D eigenvalue weighted by Gasteiger charge is 2.08. The summed E-state index contributed by atoms with van der Waals surface area (Å²) in [6.07, 6.45) is 12.2. The quantitative estimate of drug-likeness (QED) is 0.642. The van der Waals surface area contributed by atoms with Crippen LogP contribution in [0.3, 0.4) is 0 Å². The zero-order valence-corrected chi connectivity index (χ0v) is 11.2. The number of rotatable bonds is 0. The van der Waals surface area contributed by atoms with E-state index in [1.54, 1.807) is 0 Å². The van der Waals surface area contributed by atoms with Gasteiger partial charge in [-0.05, 0) is 25.2 Å². The molecule has 0 aliphatic carbocycles. The zero-order valence-electron chi connectivity index (χ0n) is 10.4. The molecular weight excluding hydrogens is 214 g/mol. The number of fused-ring (bicyclic) bond motifs is 2. The molecule has 90 valence electrons. The fraction of sp³-hybridized carbons (Fsp3) is 0.786. The average molecular weight is 237 g/mol. The number of nitrogens with zero attached hydrogens (tertiary/aromatic N) is 1. The van der Waals surface area contributed by atoms with Gasteiger partial charge in [-0.25, -0.2) is 4.98 Å². The predicted octanol–water partition coefficient (Wildman–Crippen LogP) is 4.61. The predicted molar refractivity (Wildman–Crippen MR) is 71.0 cm³/mol. The molecule has 0 saturated heterocycles. The van der Waals surface area contributed by atoms with E-state index in [2.05, 4.69) is 12.3 Å². The molecule has 1 nitrogen and oxygen atoms in total. The molecule has 0 spiro atoms. The molecule has 0 radical (unpaired) electrons. The lowest BCUT2D eigenvalue weighted by atomic mass is 9.98. The van der Waals surface area contributed by atoms with Crippen LogP contribution in [0.5, 0.6) is 0 Å². The smallest absolute Gasteiger partial charge is 0.0928 e. The van der Waals surface area contributed by atoms with Gasteiger partial charge in [0, 0.05) is 5.38 Å². The minimum atomic E-state index is 0.815. The van der Waals surface area contributed by atoms with Crippen molar-refractivity contribution in [3.8, 4) is 0 Å². The van der Waals surface area contributed by atoms with Crippen LogP contribution in [0.4, 0.5) is 0 Å². The Labute approximate surface area is 103 Å². The van der Waals surface area contributed by atoms with Gasteiger partial charge in [0.15, 0.2) is 0 Å². The maximum Gasteiger partial charge on any atom is 0.0928 e. The molecule has 1 unspecified atom stereocenters. The van der Waals surface area contributed by atoms with Crippen molar-refractivity contribution in [2.75, 3.05) is 0 Å². The van der Waals surface area contributed by atoms with E-state index in [1.165, 1.54) is 68.5 Å². The van der Waals surface area contributed by atoms with Crippen LogP contribution in [-0.4, -0.2) is 4.98 Å². The first-order valence-electron chi connectivity index (χ1n) is 6.78. The summed E-state index contributed by atoms with van der Waals surface area (Å²) in [7, 11) is 0. The summed E-state index contributed by atoms with van der Waals surface area (Å²) in [5.41, 5.74) is 1.34. The third kappa shape index (κ3) is 3.89. The molecule has 0 fully saturated rings.